The molecule has 0 aliphatic carbocycles. The Balaban J connectivity index is 1.62. The predicted octanol–water partition coefficient (Wildman–Crippen LogP) is 4.17. The summed E-state index contributed by atoms with van der Waals surface area (Å²) in [6.45, 7) is 3.88. The second-order valence-electron chi connectivity index (χ2n) is 7.83. The third-order valence-corrected chi connectivity index (χ3v) is 4.96. The zero-order valence-corrected chi connectivity index (χ0v) is 19.7. The van der Waals surface area contributed by atoms with Gasteiger partial charge in [0.2, 0.25) is 5.91 Å². The molecule has 0 heterocycles. The van der Waals surface area contributed by atoms with Crippen LogP contribution in [0.5, 0.6) is 0 Å². The lowest BCUT2D eigenvalue weighted by Gasteiger charge is -2.14. The van der Waals surface area contributed by atoms with Crippen LogP contribution in [0.1, 0.15) is 67.9 Å². The molecule has 0 saturated carbocycles. The fourth-order valence-corrected chi connectivity index (χ4v) is 3.03. The number of ether oxygens (including phenoxy) is 2. The number of carbonyl (C=O) groups is 4. The Kier molecular flexibility index (Phi) is 11.3. The van der Waals surface area contributed by atoms with E-state index < -0.39 is 11.9 Å². The molecule has 2 N–H and O–H groups in total. The summed E-state index contributed by atoms with van der Waals surface area (Å²) in [6.07, 6.45) is 2.19. The van der Waals surface area contributed by atoms with E-state index in [-0.39, 0.29) is 43.7 Å². The van der Waals surface area contributed by atoms with Crippen molar-refractivity contribution in [2.24, 2.45) is 0 Å². The van der Waals surface area contributed by atoms with Crippen LogP contribution in [-0.2, 0) is 23.9 Å². The molecule has 0 unspecified atom stereocenters. The topological polar surface area (TPSA) is 111 Å². The van der Waals surface area contributed by atoms with Crippen molar-refractivity contribution in [2.45, 2.75) is 52.0 Å². The summed E-state index contributed by atoms with van der Waals surface area (Å²) < 4.78 is 10.1. The molecular weight excluding hydrogens is 436 g/mol. The van der Waals surface area contributed by atoms with Crippen molar-refractivity contribution in [3.8, 4) is 0 Å². The average molecular weight is 469 g/mol. The van der Waals surface area contributed by atoms with Crippen molar-refractivity contribution >= 4 is 29.4 Å². The third kappa shape index (κ3) is 9.85. The van der Waals surface area contributed by atoms with E-state index in [4.69, 9.17) is 9.47 Å². The Labute approximate surface area is 200 Å². The van der Waals surface area contributed by atoms with Gasteiger partial charge in [0.1, 0.15) is 0 Å². The van der Waals surface area contributed by atoms with Crippen LogP contribution in [0.4, 0.5) is 5.69 Å². The fraction of sp³-hybridized carbons (Fsp3) is 0.385. The van der Waals surface area contributed by atoms with Crippen molar-refractivity contribution < 1.29 is 28.7 Å². The lowest BCUT2D eigenvalue weighted by molar-refractivity contribution is -0.148. The quantitative estimate of drug-likeness (QED) is 0.337. The van der Waals surface area contributed by atoms with Gasteiger partial charge in [-0.15, -0.1) is 0 Å². The molecule has 0 spiro atoms. The number of unbranched alkanes of at least 4 members (excludes halogenated alkanes) is 1. The number of carbonyl (C=O) groups excluding carboxylic acids is 4. The highest BCUT2D eigenvalue weighted by Crippen LogP contribution is 2.13. The number of rotatable bonds is 13. The number of hydrogen-bond donors (Lipinski definition) is 2. The van der Waals surface area contributed by atoms with Gasteiger partial charge in [-0.05, 0) is 49.6 Å². The molecule has 0 radical (unpaired) electrons. The summed E-state index contributed by atoms with van der Waals surface area (Å²) in [6, 6.07) is 15.7. The Morgan fingerprint density at radius 2 is 1.56 bits per heavy atom. The minimum absolute atomic E-state index is 0.0253. The second kappa shape index (κ2) is 14.5. The first kappa shape index (κ1) is 26.6. The van der Waals surface area contributed by atoms with Gasteiger partial charge >= 0.3 is 11.9 Å². The maximum Gasteiger partial charge on any atom is 0.338 e. The van der Waals surface area contributed by atoms with Gasteiger partial charge in [-0.25, -0.2) is 4.79 Å². The SMILES string of the molecule is CCCCOC(=O)c1ccc(NC(=O)CCCC(=O)OCC(=O)N[C@H](C)c2ccccc2)cc1. The van der Waals surface area contributed by atoms with Gasteiger partial charge in [-0.1, -0.05) is 43.7 Å². The first-order valence-electron chi connectivity index (χ1n) is 11.5. The van der Waals surface area contributed by atoms with E-state index in [0.29, 0.717) is 17.9 Å². The highest BCUT2D eigenvalue weighted by atomic mass is 16.5. The Bertz CT molecular complexity index is 944. The minimum atomic E-state index is -0.541. The smallest absolute Gasteiger partial charge is 0.338 e. The molecule has 0 aliphatic rings. The summed E-state index contributed by atoms with van der Waals surface area (Å²) >= 11 is 0. The normalized spacial score (nSPS) is 11.2. The summed E-state index contributed by atoms with van der Waals surface area (Å²) in [4.78, 5) is 47.8. The van der Waals surface area contributed by atoms with Crippen molar-refractivity contribution in [2.75, 3.05) is 18.5 Å². The van der Waals surface area contributed by atoms with Gasteiger partial charge in [0, 0.05) is 18.5 Å². The number of esters is 2. The van der Waals surface area contributed by atoms with Gasteiger partial charge in [0.05, 0.1) is 18.2 Å². The first-order valence-corrected chi connectivity index (χ1v) is 11.5. The summed E-state index contributed by atoms with van der Waals surface area (Å²) in [5.41, 5.74) is 1.91. The molecule has 182 valence electrons. The maximum absolute atomic E-state index is 12.1. The molecule has 2 amide bonds. The molecular formula is C26H32N2O6. The van der Waals surface area contributed by atoms with Crippen LogP contribution in [0, 0.1) is 0 Å². The number of benzene rings is 2. The van der Waals surface area contributed by atoms with E-state index in [1.165, 1.54) is 0 Å². The Morgan fingerprint density at radius 3 is 2.24 bits per heavy atom. The molecule has 8 heteroatoms. The van der Waals surface area contributed by atoms with Gasteiger partial charge in [0.15, 0.2) is 6.61 Å². The van der Waals surface area contributed by atoms with E-state index in [9.17, 15) is 19.2 Å². The molecule has 2 aromatic rings. The van der Waals surface area contributed by atoms with Crippen molar-refractivity contribution in [1.29, 1.82) is 0 Å². The van der Waals surface area contributed by atoms with Crippen LogP contribution in [0.2, 0.25) is 0 Å². The summed E-state index contributed by atoms with van der Waals surface area (Å²) in [5.74, 6) is -1.59. The standard InChI is InChI=1S/C26H32N2O6/c1-3-4-17-33-26(32)21-13-15-22(16-14-21)28-23(29)11-8-12-25(31)34-18-24(30)27-19(2)20-9-6-5-7-10-20/h5-7,9-10,13-16,19H,3-4,8,11-12,17-18H2,1-2H3,(H,27,30)(H,28,29)/t19-/m1/s1. The minimum Gasteiger partial charge on any atom is -0.462 e. The zero-order valence-electron chi connectivity index (χ0n) is 19.7. The van der Waals surface area contributed by atoms with E-state index in [1.54, 1.807) is 24.3 Å². The van der Waals surface area contributed by atoms with Crippen LogP contribution >= 0.6 is 0 Å². The molecule has 0 aliphatic heterocycles. The lowest BCUT2D eigenvalue weighted by Crippen LogP contribution is -2.31. The van der Waals surface area contributed by atoms with E-state index in [0.717, 1.165) is 18.4 Å². The van der Waals surface area contributed by atoms with Crippen LogP contribution < -0.4 is 10.6 Å². The fourth-order valence-electron chi connectivity index (χ4n) is 3.03. The van der Waals surface area contributed by atoms with Crippen LogP contribution in [0.3, 0.4) is 0 Å². The predicted molar refractivity (Wildman–Crippen MR) is 128 cm³/mol. The number of nitrogens with one attached hydrogen (secondary N) is 2. The molecule has 8 nitrogen and oxygen atoms in total. The van der Waals surface area contributed by atoms with Gasteiger partial charge in [-0.3, -0.25) is 14.4 Å². The van der Waals surface area contributed by atoms with Crippen LogP contribution in [-0.4, -0.2) is 37.0 Å². The number of anilines is 1. The van der Waals surface area contributed by atoms with Crippen molar-refractivity contribution in [1.82, 2.24) is 5.32 Å². The Hall–Kier alpha value is -3.68. The van der Waals surface area contributed by atoms with Gasteiger partial charge < -0.3 is 20.1 Å². The van der Waals surface area contributed by atoms with Crippen molar-refractivity contribution in [3.63, 3.8) is 0 Å². The largest absolute Gasteiger partial charge is 0.462 e. The summed E-state index contributed by atoms with van der Waals surface area (Å²) in [5, 5.41) is 5.48. The zero-order chi connectivity index (χ0) is 24.8. The molecule has 1 atom stereocenters. The average Bonchev–Trinajstić information content (AvgIpc) is 2.84. The highest BCUT2D eigenvalue weighted by Gasteiger charge is 2.13. The molecule has 0 bridgehead atoms. The first-order chi connectivity index (χ1) is 16.4. The monoisotopic (exact) mass is 468 g/mol. The van der Waals surface area contributed by atoms with Crippen LogP contribution in [0.15, 0.2) is 54.6 Å². The Morgan fingerprint density at radius 1 is 0.853 bits per heavy atom. The number of amides is 2. The maximum atomic E-state index is 12.1. The number of hydrogen-bond acceptors (Lipinski definition) is 6. The molecule has 34 heavy (non-hydrogen) atoms. The molecule has 2 aromatic carbocycles. The van der Waals surface area contributed by atoms with E-state index >= 15 is 0 Å². The van der Waals surface area contributed by atoms with E-state index in [1.807, 2.05) is 44.2 Å². The highest BCUT2D eigenvalue weighted by molar-refractivity contribution is 5.93. The molecule has 0 saturated heterocycles. The van der Waals surface area contributed by atoms with Gasteiger partial charge in [-0.2, -0.15) is 0 Å². The second-order valence-corrected chi connectivity index (χ2v) is 7.83. The van der Waals surface area contributed by atoms with Crippen LogP contribution in [0.25, 0.3) is 0 Å². The summed E-state index contributed by atoms with van der Waals surface area (Å²) in [7, 11) is 0. The van der Waals surface area contributed by atoms with Gasteiger partial charge in [0.25, 0.3) is 5.91 Å². The molecule has 0 aromatic heterocycles. The molecule has 0 fully saturated rings. The van der Waals surface area contributed by atoms with E-state index in [2.05, 4.69) is 10.6 Å². The third-order valence-electron chi connectivity index (χ3n) is 4.96. The lowest BCUT2D eigenvalue weighted by atomic mass is 10.1. The molecule has 2 rings (SSSR count). The van der Waals surface area contributed by atoms with Crippen molar-refractivity contribution in [3.05, 3.63) is 65.7 Å².